The second kappa shape index (κ2) is 4.70. The van der Waals surface area contributed by atoms with Crippen LogP contribution in [-0.2, 0) is 6.54 Å². The van der Waals surface area contributed by atoms with E-state index in [9.17, 15) is 4.79 Å². The Bertz CT molecular complexity index is 363. The lowest BCUT2D eigenvalue weighted by atomic mass is 9.96. The summed E-state index contributed by atoms with van der Waals surface area (Å²) >= 11 is 0. The van der Waals surface area contributed by atoms with E-state index >= 15 is 0 Å². The first-order valence-corrected chi connectivity index (χ1v) is 5.28. The van der Waals surface area contributed by atoms with Gasteiger partial charge >= 0.3 is 5.97 Å². The van der Waals surface area contributed by atoms with Gasteiger partial charge in [-0.05, 0) is 24.6 Å². The van der Waals surface area contributed by atoms with Crippen LogP contribution in [0.2, 0.25) is 0 Å². The van der Waals surface area contributed by atoms with Crippen LogP contribution < -0.4 is 0 Å². The molecule has 1 N–H and O–H groups in total. The average molecular weight is 225 g/mol. The van der Waals surface area contributed by atoms with Crippen molar-refractivity contribution >= 4 is 5.97 Å². The Labute approximate surface area is 95.9 Å². The molecule has 0 bridgehead atoms. The molecule has 1 aromatic rings. The Balaban J connectivity index is 2.56. The monoisotopic (exact) mass is 225 g/mol. The van der Waals surface area contributed by atoms with E-state index < -0.39 is 5.97 Å². The molecule has 16 heavy (non-hydrogen) atoms. The second-order valence-electron chi connectivity index (χ2n) is 5.30. The highest BCUT2D eigenvalue weighted by molar-refractivity contribution is 5.84. The van der Waals surface area contributed by atoms with Crippen LogP contribution >= 0.6 is 0 Å². The van der Waals surface area contributed by atoms with E-state index in [0.29, 0.717) is 12.3 Å². The Morgan fingerprint density at radius 1 is 1.44 bits per heavy atom. The summed E-state index contributed by atoms with van der Waals surface area (Å²) in [6.45, 7) is 8.04. The van der Waals surface area contributed by atoms with Crippen LogP contribution in [0.25, 0.3) is 0 Å². The molecule has 1 rings (SSSR count). The van der Waals surface area contributed by atoms with Crippen molar-refractivity contribution < 1.29 is 14.3 Å². The maximum absolute atomic E-state index is 10.6. The lowest BCUT2D eigenvalue weighted by Crippen LogP contribution is -2.28. The highest BCUT2D eigenvalue weighted by atomic mass is 16.4. The maximum atomic E-state index is 10.6. The van der Waals surface area contributed by atoms with Crippen LogP contribution in [0.15, 0.2) is 16.5 Å². The van der Waals surface area contributed by atoms with E-state index in [0.717, 1.165) is 6.54 Å². The topological polar surface area (TPSA) is 53.7 Å². The van der Waals surface area contributed by atoms with Crippen molar-refractivity contribution in [3.63, 3.8) is 0 Å². The number of rotatable bonds is 4. The minimum Gasteiger partial charge on any atom is -0.475 e. The molecule has 0 unspecified atom stereocenters. The van der Waals surface area contributed by atoms with Gasteiger partial charge in [-0.3, -0.25) is 4.90 Å². The number of carboxylic acids is 1. The number of hydrogen-bond acceptors (Lipinski definition) is 3. The molecule has 0 aliphatic heterocycles. The first kappa shape index (κ1) is 12.8. The van der Waals surface area contributed by atoms with Gasteiger partial charge in [-0.1, -0.05) is 20.8 Å². The van der Waals surface area contributed by atoms with Crippen molar-refractivity contribution in [3.05, 3.63) is 23.7 Å². The van der Waals surface area contributed by atoms with E-state index in [1.54, 1.807) is 6.07 Å². The minimum absolute atomic E-state index is 0.000779. The Hall–Kier alpha value is -1.29. The maximum Gasteiger partial charge on any atom is 0.371 e. The number of furan rings is 1. The standard InChI is InChI=1S/C12H19NO3/c1-12(2,3)8-13(4)7-9-5-6-10(16-9)11(14)15/h5-6H,7-8H2,1-4H3,(H,14,15). The predicted molar refractivity (Wildman–Crippen MR) is 61.5 cm³/mol. The zero-order chi connectivity index (χ0) is 12.3. The summed E-state index contributed by atoms with van der Waals surface area (Å²) in [4.78, 5) is 12.7. The van der Waals surface area contributed by atoms with Crippen molar-refractivity contribution in [3.8, 4) is 0 Å². The van der Waals surface area contributed by atoms with E-state index in [2.05, 4.69) is 25.7 Å². The third-order valence-electron chi connectivity index (χ3n) is 2.04. The predicted octanol–water partition coefficient (Wildman–Crippen LogP) is 2.46. The van der Waals surface area contributed by atoms with Gasteiger partial charge in [0.2, 0.25) is 5.76 Å². The highest BCUT2D eigenvalue weighted by Crippen LogP contribution is 2.16. The SMILES string of the molecule is CN(Cc1ccc(C(=O)O)o1)CC(C)(C)C. The largest absolute Gasteiger partial charge is 0.475 e. The number of aromatic carboxylic acids is 1. The highest BCUT2D eigenvalue weighted by Gasteiger charge is 2.15. The molecule has 0 amide bonds. The minimum atomic E-state index is -1.02. The third-order valence-corrected chi connectivity index (χ3v) is 2.04. The molecule has 0 atom stereocenters. The first-order chi connectivity index (χ1) is 7.28. The van der Waals surface area contributed by atoms with Crippen LogP contribution in [0, 0.1) is 5.41 Å². The molecule has 1 aromatic heterocycles. The lowest BCUT2D eigenvalue weighted by molar-refractivity contribution is 0.0658. The van der Waals surface area contributed by atoms with Gasteiger partial charge < -0.3 is 9.52 Å². The summed E-state index contributed by atoms with van der Waals surface area (Å²) in [5.74, 6) is -0.340. The van der Waals surface area contributed by atoms with Gasteiger partial charge in [-0.2, -0.15) is 0 Å². The van der Waals surface area contributed by atoms with Crippen LogP contribution in [0.1, 0.15) is 37.1 Å². The van der Waals surface area contributed by atoms with Crippen molar-refractivity contribution in [2.45, 2.75) is 27.3 Å². The number of hydrogen-bond donors (Lipinski definition) is 1. The van der Waals surface area contributed by atoms with E-state index in [4.69, 9.17) is 9.52 Å². The van der Waals surface area contributed by atoms with E-state index in [1.165, 1.54) is 6.07 Å². The smallest absolute Gasteiger partial charge is 0.371 e. The third kappa shape index (κ3) is 4.06. The van der Waals surface area contributed by atoms with Crippen LogP contribution in [0.4, 0.5) is 0 Å². The molecule has 0 aromatic carbocycles. The Kier molecular flexibility index (Phi) is 3.75. The number of nitrogens with zero attached hydrogens (tertiary/aromatic N) is 1. The molecule has 4 nitrogen and oxygen atoms in total. The van der Waals surface area contributed by atoms with Gasteiger partial charge in [-0.25, -0.2) is 4.79 Å². The van der Waals surface area contributed by atoms with Gasteiger partial charge in [0.25, 0.3) is 0 Å². The molecule has 0 saturated carbocycles. The normalized spacial score (nSPS) is 12.1. The molecule has 90 valence electrons. The van der Waals surface area contributed by atoms with E-state index in [-0.39, 0.29) is 11.2 Å². The molecule has 0 radical (unpaired) electrons. The van der Waals surface area contributed by atoms with Gasteiger partial charge in [0.1, 0.15) is 5.76 Å². The van der Waals surface area contributed by atoms with Crippen LogP contribution in [0.3, 0.4) is 0 Å². The lowest BCUT2D eigenvalue weighted by Gasteiger charge is -2.25. The summed E-state index contributed by atoms with van der Waals surface area (Å²) in [7, 11) is 1.99. The fourth-order valence-electron chi connectivity index (χ4n) is 1.71. The molecular weight excluding hydrogens is 206 g/mol. The number of carbonyl (C=O) groups is 1. The molecule has 1 heterocycles. The zero-order valence-electron chi connectivity index (χ0n) is 10.3. The van der Waals surface area contributed by atoms with Crippen LogP contribution in [0.5, 0.6) is 0 Å². The summed E-state index contributed by atoms with van der Waals surface area (Å²) < 4.78 is 5.19. The fraction of sp³-hybridized carbons (Fsp3) is 0.583. The van der Waals surface area contributed by atoms with Gasteiger partial charge in [-0.15, -0.1) is 0 Å². The van der Waals surface area contributed by atoms with Crippen molar-refractivity contribution in [1.82, 2.24) is 4.90 Å². The fourth-order valence-corrected chi connectivity index (χ4v) is 1.71. The van der Waals surface area contributed by atoms with Gasteiger partial charge in [0.05, 0.1) is 6.54 Å². The van der Waals surface area contributed by atoms with Crippen molar-refractivity contribution in [2.24, 2.45) is 5.41 Å². The number of carboxylic acid groups (broad SMARTS) is 1. The van der Waals surface area contributed by atoms with Gasteiger partial charge in [0.15, 0.2) is 0 Å². The molecule has 0 fully saturated rings. The van der Waals surface area contributed by atoms with Gasteiger partial charge in [0, 0.05) is 6.54 Å². The summed E-state index contributed by atoms with van der Waals surface area (Å²) in [6, 6.07) is 3.20. The molecular formula is C12H19NO3. The van der Waals surface area contributed by atoms with E-state index in [1.807, 2.05) is 7.05 Å². The quantitative estimate of drug-likeness (QED) is 0.855. The molecule has 0 spiro atoms. The molecule has 0 aliphatic rings. The Morgan fingerprint density at radius 2 is 2.06 bits per heavy atom. The second-order valence-corrected chi connectivity index (χ2v) is 5.30. The van der Waals surface area contributed by atoms with Crippen LogP contribution in [-0.4, -0.2) is 29.6 Å². The average Bonchev–Trinajstić information content (AvgIpc) is 2.48. The molecule has 0 aliphatic carbocycles. The first-order valence-electron chi connectivity index (χ1n) is 5.28. The summed E-state index contributed by atoms with van der Waals surface area (Å²) in [5.41, 5.74) is 0.219. The molecule has 4 heteroatoms. The Morgan fingerprint density at radius 3 is 2.50 bits per heavy atom. The summed E-state index contributed by atoms with van der Waals surface area (Å²) in [6.07, 6.45) is 0. The van der Waals surface area contributed by atoms with Crippen molar-refractivity contribution in [2.75, 3.05) is 13.6 Å². The molecule has 0 saturated heterocycles. The van der Waals surface area contributed by atoms with Crippen molar-refractivity contribution in [1.29, 1.82) is 0 Å². The summed E-state index contributed by atoms with van der Waals surface area (Å²) in [5, 5.41) is 8.71. The zero-order valence-corrected chi connectivity index (χ0v) is 10.3.